The number of aromatic nitrogens is 1. The van der Waals surface area contributed by atoms with Gasteiger partial charge in [0.05, 0.1) is 0 Å². The third kappa shape index (κ3) is 3.04. The zero-order chi connectivity index (χ0) is 13.1. The van der Waals surface area contributed by atoms with Crippen molar-refractivity contribution in [2.45, 2.75) is 6.92 Å². The lowest BCUT2D eigenvalue weighted by Gasteiger charge is -2.08. The van der Waals surface area contributed by atoms with Crippen LogP contribution in [0.1, 0.15) is 16.1 Å². The van der Waals surface area contributed by atoms with Crippen LogP contribution in [0.3, 0.4) is 0 Å². The summed E-state index contributed by atoms with van der Waals surface area (Å²) in [5.41, 5.74) is 1.71. The van der Waals surface area contributed by atoms with Crippen LogP contribution in [0.4, 0.5) is 10.1 Å². The van der Waals surface area contributed by atoms with Gasteiger partial charge in [-0.2, -0.15) is 4.39 Å². The number of rotatable bonds is 2. The molecule has 2 rings (SSSR count). The maximum atomic E-state index is 12.9. The van der Waals surface area contributed by atoms with Gasteiger partial charge in [-0.25, -0.2) is 4.98 Å². The topological polar surface area (TPSA) is 42.0 Å². The van der Waals surface area contributed by atoms with E-state index in [0.717, 1.165) is 9.13 Å². The molecule has 1 aromatic carbocycles. The SMILES string of the molecule is Cc1cc(I)ccc1NC(=O)c1cccc(F)n1. The summed E-state index contributed by atoms with van der Waals surface area (Å²) in [4.78, 5) is 15.4. The Balaban J connectivity index is 2.21. The van der Waals surface area contributed by atoms with Gasteiger partial charge in [-0.1, -0.05) is 6.07 Å². The zero-order valence-corrected chi connectivity index (χ0v) is 11.7. The van der Waals surface area contributed by atoms with E-state index in [0.29, 0.717) is 5.69 Å². The first-order valence-electron chi connectivity index (χ1n) is 5.26. The fourth-order valence-electron chi connectivity index (χ4n) is 1.49. The van der Waals surface area contributed by atoms with Gasteiger partial charge in [-0.15, -0.1) is 0 Å². The summed E-state index contributed by atoms with van der Waals surface area (Å²) in [7, 11) is 0. The van der Waals surface area contributed by atoms with Crippen molar-refractivity contribution in [3.05, 3.63) is 57.2 Å². The number of carbonyl (C=O) groups excluding carboxylic acids is 1. The summed E-state index contributed by atoms with van der Waals surface area (Å²) in [6.07, 6.45) is 0. The van der Waals surface area contributed by atoms with Crippen LogP contribution in [-0.4, -0.2) is 10.9 Å². The quantitative estimate of drug-likeness (QED) is 0.662. The molecular weight excluding hydrogens is 346 g/mol. The lowest BCUT2D eigenvalue weighted by molar-refractivity contribution is 0.102. The molecule has 1 heterocycles. The molecule has 1 amide bonds. The first-order valence-corrected chi connectivity index (χ1v) is 6.34. The maximum Gasteiger partial charge on any atom is 0.274 e. The van der Waals surface area contributed by atoms with Crippen LogP contribution in [0.5, 0.6) is 0 Å². The van der Waals surface area contributed by atoms with E-state index < -0.39 is 11.9 Å². The van der Waals surface area contributed by atoms with Gasteiger partial charge in [0.25, 0.3) is 5.91 Å². The zero-order valence-electron chi connectivity index (χ0n) is 9.58. The van der Waals surface area contributed by atoms with Crippen molar-refractivity contribution in [3.63, 3.8) is 0 Å². The van der Waals surface area contributed by atoms with Crippen LogP contribution < -0.4 is 5.32 Å². The molecule has 1 aromatic heterocycles. The van der Waals surface area contributed by atoms with Crippen LogP contribution in [0, 0.1) is 16.4 Å². The number of anilines is 1. The minimum absolute atomic E-state index is 0.0629. The maximum absolute atomic E-state index is 12.9. The highest BCUT2D eigenvalue weighted by Gasteiger charge is 2.09. The Labute approximate surface area is 118 Å². The molecule has 18 heavy (non-hydrogen) atoms. The third-order valence-corrected chi connectivity index (χ3v) is 3.06. The highest BCUT2D eigenvalue weighted by atomic mass is 127. The molecule has 0 aliphatic carbocycles. The molecule has 3 nitrogen and oxygen atoms in total. The first-order chi connectivity index (χ1) is 8.56. The molecule has 0 spiro atoms. The number of hydrogen-bond acceptors (Lipinski definition) is 2. The smallest absolute Gasteiger partial charge is 0.274 e. The first kappa shape index (κ1) is 12.9. The Bertz CT molecular complexity index is 601. The van der Waals surface area contributed by atoms with E-state index in [2.05, 4.69) is 32.9 Å². The number of pyridine rings is 1. The van der Waals surface area contributed by atoms with E-state index in [4.69, 9.17) is 0 Å². The minimum Gasteiger partial charge on any atom is -0.320 e. The van der Waals surface area contributed by atoms with Crippen molar-refractivity contribution < 1.29 is 9.18 Å². The molecule has 0 aliphatic rings. The van der Waals surface area contributed by atoms with Crippen molar-refractivity contribution >= 4 is 34.2 Å². The number of nitrogens with one attached hydrogen (secondary N) is 1. The van der Waals surface area contributed by atoms with Gasteiger partial charge in [0.2, 0.25) is 5.95 Å². The number of halogens is 2. The van der Waals surface area contributed by atoms with Crippen molar-refractivity contribution in [2.24, 2.45) is 0 Å². The standard InChI is InChI=1S/C13H10FIN2O/c1-8-7-9(15)5-6-10(8)17-13(18)11-3-2-4-12(14)16-11/h2-7H,1H3,(H,17,18). The number of amides is 1. The third-order valence-electron chi connectivity index (χ3n) is 2.38. The molecule has 2 aromatic rings. The number of aryl methyl sites for hydroxylation is 1. The second-order valence-electron chi connectivity index (χ2n) is 3.76. The molecule has 0 bridgehead atoms. The van der Waals surface area contributed by atoms with E-state index in [1.807, 2.05) is 25.1 Å². The predicted octanol–water partition coefficient (Wildman–Crippen LogP) is 3.39. The van der Waals surface area contributed by atoms with Crippen LogP contribution >= 0.6 is 22.6 Å². The normalized spacial score (nSPS) is 10.2. The summed E-state index contributed by atoms with van der Waals surface area (Å²) in [6, 6.07) is 9.79. The second-order valence-corrected chi connectivity index (χ2v) is 5.00. The molecule has 0 atom stereocenters. The number of hydrogen-bond donors (Lipinski definition) is 1. The minimum atomic E-state index is -0.665. The Hall–Kier alpha value is -1.50. The van der Waals surface area contributed by atoms with Gasteiger partial charge < -0.3 is 5.32 Å². The Morgan fingerprint density at radius 2 is 2.11 bits per heavy atom. The summed E-state index contributed by atoms with van der Waals surface area (Å²) >= 11 is 2.20. The van der Waals surface area contributed by atoms with Crippen LogP contribution in [0.15, 0.2) is 36.4 Å². The van der Waals surface area contributed by atoms with Gasteiger partial charge in [-0.3, -0.25) is 4.79 Å². The van der Waals surface area contributed by atoms with E-state index >= 15 is 0 Å². The highest BCUT2D eigenvalue weighted by Crippen LogP contribution is 2.18. The molecule has 0 radical (unpaired) electrons. The summed E-state index contributed by atoms with van der Waals surface area (Å²) in [5, 5.41) is 2.71. The summed E-state index contributed by atoms with van der Waals surface area (Å²) in [6.45, 7) is 1.90. The molecule has 1 N–H and O–H groups in total. The Morgan fingerprint density at radius 1 is 1.33 bits per heavy atom. The van der Waals surface area contributed by atoms with Gasteiger partial charge in [0.1, 0.15) is 5.69 Å². The largest absolute Gasteiger partial charge is 0.320 e. The van der Waals surface area contributed by atoms with Gasteiger partial charge in [0.15, 0.2) is 0 Å². The van der Waals surface area contributed by atoms with E-state index in [-0.39, 0.29) is 5.69 Å². The lowest BCUT2D eigenvalue weighted by Crippen LogP contribution is -2.14. The van der Waals surface area contributed by atoms with Crippen LogP contribution in [0.25, 0.3) is 0 Å². The number of carbonyl (C=O) groups is 1. The predicted molar refractivity (Wildman–Crippen MR) is 76.0 cm³/mol. The molecule has 0 unspecified atom stereocenters. The van der Waals surface area contributed by atoms with Crippen LogP contribution in [-0.2, 0) is 0 Å². The molecule has 0 saturated carbocycles. The highest BCUT2D eigenvalue weighted by molar-refractivity contribution is 14.1. The van der Waals surface area contributed by atoms with E-state index in [1.165, 1.54) is 18.2 Å². The van der Waals surface area contributed by atoms with Crippen molar-refractivity contribution in [3.8, 4) is 0 Å². The Kier molecular flexibility index (Phi) is 3.90. The average Bonchev–Trinajstić information content (AvgIpc) is 2.32. The molecule has 92 valence electrons. The molecule has 0 fully saturated rings. The van der Waals surface area contributed by atoms with Gasteiger partial charge in [0, 0.05) is 9.26 Å². The monoisotopic (exact) mass is 356 g/mol. The fourth-order valence-corrected chi connectivity index (χ4v) is 2.14. The number of benzene rings is 1. The average molecular weight is 356 g/mol. The van der Waals surface area contributed by atoms with Crippen molar-refractivity contribution in [1.82, 2.24) is 4.98 Å². The fraction of sp³-hybridized carbons (Fsp3) is 0.0769. The summed E-state index contributed by atoms with van der Waals surface area (Å²) in [5.74, 6) is -1.08. The van der Waals surface area contributed by atoms with Gasteiger partial charge in [-0.05, 0) is 65.4 Å². The Morgan fingerprint density at radius 3 is 2.78 bits per heavy atom. The van der Waals surface area contributed by atoms with Gasteiger partial charge >= 0.3 is 0 Å². The molecular formula is C13H10FIN2O. The second kappa shape index (κ2) is 5.43. The number of nitrogens with zero attached hydrogens (tertiary/aromatic N) is 1. The summed E-state index contributed by atoms with van der Waals surface area (Å²) < 4.78 is 14.0. The van der Waals surface area contributed by atoms with E-state index in [1.54, 1.807) is 0 Å². The van der Waals surface area contributed by atoms with E-state index in [9.17, 15) is 9.18 Å². The van der Waals surface area contributed by atoms with Crippen LogP contribution in [0.2, 0.25) is 0 Å². The lowest BCUT2D eigenvalue weighted by atomic mass is 10.2. The molecule has 0 saturated heterocycles. The molecule has 0 aliphatic heterocycles. The van der Waals surface area contributed by atoms with Crippen molar-refractivity contribution in [2.75, 3.05) is 5.32 Å². The van der Waals surface area contributed by atoms with Crippen molar-refractivity contribution in [1.29, 1.82) is 0 Å². The molecule has 5 heteroatoms.